The third kappa shape index (κ3) is 2.84. The van der Waals surface area contributed by atoms with Crippen LogP contribution in [0.3, 0.4) is 0 Å². The summed E-state index contributed by atoms with van der Waals surface area (Å²) < 4.78 is 20.1. The van der Waals surface area contributed by atoms with E-state index in [-0.39, 0.29) is 11.4 Å². The van der Waals surface area contributed by atoms with Crippen molar-refractivity contribution in [3.05, 3.63) is 42.5 Å². The van der Waals surface area contributed by atoms with Crippen molar-refractivity contribution >= 4 is 0 Å². The number of nitrogens with zero attached hydrogens (tertiary/aromatic N) is 2. The molecule has 17 heavy (non-hydrogen) atoms. The minimum atomic E-state index is -0.275. The molecule has 90 valence electrons. The number of hydrogen-bond acceptors (Lipinski definition) is 2. The normalized spacial score (nSPS) is 11.5. The summed E-state index contributed by atoms with van der Waals surface area (Å²) in [5, 5.41) is 4.22. The van der Waals surface area contributed by atoms with E-state index < -0.39 is 0 Å². The third-order valence-electron chi connectivity index (χ3n) is 2.30. The average Bonchev–Trinajstić information content (AvgIpc) is 2.69. The molecule has 0 aliphatic carbocycles. The monoisotopic (exact) mass is 234 g/mol. The van der Waals surface area contributed by atoms with Gasteiger partial charge in [-0.2, -0.15) is 5.10 Å². The summed E-state index contributed by atoms with van der Waals surface area (Å²) in [4.78, 5) is 0. The molecule has 0 saturated carbocycles. The number of benzene rings is 1. The second kappa shape index (κ2) is 4.20. The summed E-state index contributed by atoms with van der Waals surface area (Å²) in [6, 6.07) is 5.90. The molecule has 0 unspecified atom stereocenters. The van der Waals surface area contributed by atoms with Crippen LogP contribution in [0.1, 0.15) is 20.8 Å². The Labute approximate surface area is 99.8 Å². The highest BCUT2D eigenvalue weighted by Gasteiger charge is 2.14. The Balaban J connectivity index is 2.14. The van der Waals surface area contributed by atoms with Gasteiger partial charge in [0.25, 0.3) is 0 Å². The van der Waals surface area contributed by atoms with Crippen LogP contribution in [0.15, 0.2) is 36.7 Å². The van der Waals surface area contributed by atoms with Crippen LogP contribution in [0.2, 0.25) is 0 Å². The van der Waals surface area contributed by atoms with Gasteiger partial charge in [0.05, 0.1) is 17.9 Å². The van der Waals surface area contributed by atoms with Crippen LogP contribution in [0.4, 0.5) is 4.39 Å². The molecule has 0 bridgehead atoms. The lowest BCUT2D eigenvalue weighted by atomic mass is 10.1. The maximum Gasteiger partial charge on any atom is 0.165 e. The van der Waals surface area contributed by atoms with Crippen molar-refractivity contribution in [1.29, 1.82) is 0 Å². The molecule has 0 N–H and O–H groups in total. The summed E-state index contributed by atoms with van der Waals surface area (Å²) in [5.41, 5.74) is -0.0790. The molecule has 0 spiro atoms. The van der Waals surface area contributed by atoms with Crippen molar-refractivity contribution in [3.63, 3.8) is 0 Å². The van der Waals surface area contributed by atoms with E-state index in [1.54, 1.807) is 18.3 Å². The molecule has 0 aliphatic rings. The van der Waals surface area contributed by atoms with Crippen molar-refractivity contribution in [3.8, 4) is 11.5 Å². The van der Waals surface area contributed by atoms with Gasteiger partial charge in [-0.15, -0.1) is 0 Å². The number of aromatic nitrogens is 2. The fraction of sp³-hybridized carbons (Fsp3) is 0.308. The average molecular weight is 234 g/mol. The van der Waals surface area contributed by atoms with E-state index in [0.29, 0.717) is 11.5 Å². The molecule has 0 amide bonds. The molecule has 1 heterocycles. The highest BCUT2D eigenvalue weighted by molar-refractivity contribution is 5.28. The predicted octanol–water partition coefficient (Wildman–Crippen LogP) is 3.57. The zero-order valence-electron chi connectivity index (χ0n) is 10.1. The topological polar surface area (TPSA) is 27.1 Å². The zero-order valence-corrected chi connectivity index (χ0v) is 10.1. The minimum absolute atomic E-state index is 0.0790. The van der Waals surface area contributed by atoms with Gasteiger partial charge in [-0.05, 0) is 45.0 Å². The Kier molecular flexibility index (Phi) is 2.88. The highest BCUT2D eigenvalue weighted by Crippen LogP contribution is 2.23. The van der Waals surface area contributed by atoms with E-state index in [2.05, 4.69) is 25.9 Å². The van der Waals surface area contributed by atoms with E-state index in [1.807, 2.05) is 10.9 Å². The fourth-order valence-electron chi connectivity index (χ4n) is 1.36. The van der Waals surface area contributed by atoms with Gasteiger partial charge in [0.1, 0.15) is 11.6 Å². The lowest BCUT2D eigenvalue weighted by Crippen LogP contribution is -2.21. The molecule has 0 atom stereocenters. The summed E-state index contributed by atoms with van der Waals surface area (Å²) in [6.07, 6.45) is 3.47. The molecular weight excluding hydrogens is 219 g/mol. The quantitative estimate of drug-likeness (QED) is 0.794. The first kappa shape index (κ1) is 11.6. The van der Waals surface area contributed by atoms with Gasteiger partial charge in [-0.25, -0.2) is 4.39 Å². The summed E-state index contributed by atoms with van der Waals surface area (Å²) in [5.74, 6) is 0.967. The molecular formula is C13H15FN2O. The van der Waals surface area contributed by atoms with Crippen molar-refractivity contribution < 1.29 is 9.13 Å². The smallest absolute Gasteiger partial charge is 0.165 e. The van der Waals surface area contributed by atoms with E-state index in [1.165, 1.54) is 12.1 Å². The summed E-state index contributed by atoms with van der Waals surface area (Å²) in [6.45, 7) is 6.17. The lowest BCUT2D eigenvalue weighted by Gasteiger charge is -2.18. The highest BCUT2D eigenvalue weighted by atomic mass is 19.1. The molecule has 2 rings (SSSR count). The van der Waals surface area contributed by atoms with Crippen LogP contribution in [0.5, 0.6) is 11.5 Å². The van der Waals surface area contributed by atoms with Crippen molar-refractivity contribution in [2.24, 2.45) is 0 Å². The van der Waals surface area contributed by atoms with Gasteiger partial charge < -0.3 is 4.74 Å². The maximum atomic E-state index is 12.7. The first-order valence-electron chi connectivity index (χ1n) is 5.44. The second-order valence-electron chi connectivity index (χ2n) is 4.85. The molecule has 1 aromatic carbocycles. The van der Waals surface area contributed by atoms with Crippen LogP contribution in [-0.2, 0) is 5.54 Å². The molecule has 0 saturated heterocycles. The first-order chi connectivity index (χ1) is 7.95. The second-order valence-corrected chi connectivity index (χ2v) is 4.85. The Morgan fingerprint density at radius 3 is 2.29 bits per heavy atom. The van der Waals surface area contributed by atoms with Gasteiger partial charge in [0.2, 0.25) is 0 Å². The van der Waals surface area contributed by atoms with Gasteiger partial charge in [-0.3, -0.25) is 4.68 Å². The Morgan fingerprint density at radius 2 is 1.76 bits per heavy atom. The number of ether oxygens (including phenoxy) is 1. The van der Waals surface area contributed by atoms with Gasteiger partial charge in [-0.1, -0.05) is 0 Å². The molecule has 3 nitrogen and oxygen atoms in total. The maximum absolute atomic E-state index is 12.7. The molecule has 0 radical (unpaired) electrons. The van der Waals surface area contributed by atoms with Gasteiger partial charge in [0.15, 0.2) is 5.75 Å². The lowest BCUT2D eigenvalue weighted by molar-refractivity contribution is 0.353. The number of rotatable bonds is 2. The SMILES string of the molecule is CC(C)(C)n1cc(Oc2ccc(F)cc2)cn1. The Bertz CT molecular complexity index is 497. The van der Waals surface area contributed by atoms with Crippen LogP contribution in [0, 0.1) is 5.82 Å². The van der Waals surface area contributed by atoms with Crippen molar-refractivity contribution in [2.75, 3.05) is 0 Å². The zero-order chi connectivity index (χ0) is 12.5. The van der Waals surface area contributed by atoms with Crippen molar-refractivity contribution in [1.82, 2.24) is 9.78 Å². The molecule has 4 heteroatoms. The largest absolute Gasteiger partial charge is 0.454 e. The van der Waals surface area contributed by atoms with Crippen molar-refractivity contribution in [2.45, 2.75) is 26.3 Å². The standard InChI is InChI=1S/C13H15FN2O/c1-13(2,3)16-9-12(8-15-16)17-11-6-4-10(14)5-7-11/h4-9H,1-3H3. The molecule has 0 fully saturated rings. The molecule has 2 aromatic rings. The first-order valence-corrected chi connectivity index (χ1v) is 5.44. The number of hydrogen-bond donors (Lipinski definition) is 0. The fourth-order valence-corrected chi connectivity index (χ4v) is 1.36. The van der Waals surface area contributed by atoms with E-state index in [9.17, 15) is 4.39 Å². The van der Waals surface area contributed by atoms with Crippen LogP contribution < -0.4 is 4.74 Å². The van der Waals surface area contributed by atoms with Crippen LogP contribution in [0.25, 0.3) is 0 Å². The van der Waals surface area contributed by atoms with Crippen LogP contribution >= 0.6 is 0 Å². The Morgan fingerprint density at radius 1 is 1.12 bits per heavy atom. The molecule has 1 aromatic heterocycles. The summed E-state index contributed by atoms with van der Waals surface area (Å²) in [7, 11) is 0. The van der Waals surface area contributed by atoms with Gasteiger partial charge >= 0.3 is 0 Å². The predicted molar refractivity (Wildman–Crippen MR) is 63.7 cm³/mol. The van der Waals surface area contributed by atoms with Crippen LogP contribution in [-0.4, -0.2) is 9.78 Å². The summed E-state index contributed by atoms with van der Waals surface area (Å²) >= 11 is 0. The number of halogens is 1. The minimum Gasteiger partial charge on any atom is -0.454 e. The Hall–Kier alpha value is -1.84. The van der Waals surface area contributed by atoms with E-state index >= 15 is 0 Å². The molecule has 0 aliphatic heterocycles. The van der Waals surface area contributed by atoms with E-state index in [0.717, 1.165) is 0 Å². The van der Waals surface area contributed by atoms with E-state index in [4.69, 9.17) is 4.74 Å². The third-order valence-corrected chi connectivity index (χ3v) is 2.30. The van der Waals surface area contributed by atoms with Gasteiger partial charge in [0, 0.05) is 0 Å².